The topological polar surface area (TPSA) is 69.9 Å². The molecule has 0 aliphatic carbocycles. The maximum absolute atomic E-state index is 9.80. The van der Waals surface area contributed by atoms with E-state index in [9.17, 15) is 5.11 Å². The van der Waals surface area contributed by atoms with Crippen LogP contribution in [-0.2, 0) is 0 Å². The average Bonchev–Trinajstić information content (AvgIpc) is 2.42. The zero-order chi connectivity index (χ0) is 12.7. The maximum atomic E-state index is 9.80. The predicted octanol–water partition coefficient (Wildman–Crippen LogP) is 2.87. The molecule has 4 heteroatoms. The summed E-state index contributed by atoms with van der Waals surface area (Å²) in [5, 5.41) is 16.9. The van der Waals surface area contributed by atoms with Crippen molar-refractivity contribution in [2.75, 3.05) is 0 Å². The standard InChI is InChI=1S/C11H9N3O.C2H6/c12-6-8-3-5-14-10(11(8)15)9-2-1-4-13-7-9;1-2/h1-7,12,15H;1-2H3. The van der Waals surface area contributed by atoms with Crippen LogP contribution in [0.1, 0.15) is 19.4 Å². The number of hydrogen-bond acceptors (Lipinski definition) is 4. The molecule has 0 spiro atoms. The van der Waals surface area contributed by atoms with E-state index in [2.05, 4.69) is 9.97 Å². The quantitative estimate of drug-likeness (QED) is 0.778. The fourth-order valence-corrected chi connectivity index (χ4v) is 1.30. The van der Waals surface area contributed by atoms with E-state index < -0.39 is 0 Å². The first-order chi connectivity index (χ1) is 8.33. The summed E-state index contributed by atoms with van der Waals surface area (Å²) in [5.74, 6) is 0.0144. The monoisotopic (exact) mass is 229 g/mol. The molecular formula is C13H15N3O. The molecule has 4 nitrogen and oxygen atoms in total. The molecule has 17 heavy (non-hydrogen) atoms. The molecule has 0 amide bonds. The Bertz CT molecular complexity index is 483. The molecule has 0 saturated heterocycles. The van der Waals surface area contributed by atoms with Crippen LogP contribution < -0.4 is 0 Å². The summed E-state index contributed by atoms with van der Waals surface area (Å²) in [4.78, 5) is 8.01. The number of pyridine rings is 2. The van der Waals surface area contributed by atoms with Crippen LogP contribution in [0.2, 0.25) is 0 Å². The van der Waals surface area contributed by atoms with E-state index in [4.69, 9.17) is 5.41 Å². The predicted molar refractivity (Wildman–Crippen MR) is 68.4 cm³/mol. The van der Waals surface area contributed by atoms with E-state index in [1.54, 1.807) is 30.7 Å². The van der Waals surface area contributed by atoms with Gasteiger partial charge < -0.3 is 10.5 Å². The summed E-state index contributed by atoms with van der Waals surface area (Å²) >= 11 is 0. The van der Waals surface area contributed by atoms with Crippen LogP contribution in [0.15, 0.2) is 36.8 Å². The fraction of sp³-hybridized carbons (Fsp3) is 0.154. The van der Waals surface area contributed by atoms with Crippen molar-refractivity contribution in [1.82, 2.24) is 9.97 Å². The Morgan fingerprint density at radius 2 is 2.00 bits per heavy atom. The van der Waals surface area contributed by atoms with Crippen molar-refractivity contribution in [3.63, 3.8) is 0 Å². The smallest absolute Gasteiger partial charge is 0.150 e. The third-order valence-electron chi connectivity index (χ3n) is 2.05. The van der Waals surface area contributed by atoms with Crippen molar-refractivity contribution in [3.8, 4) is 17.0 Å². The summed E-state index contributed by atoms with van der Waals surface area (Å²) in [6.45, 7) is 4.00. The summed E-state index contributed by atoms with van der Waals surface area (Å²) in [5.41, 5.74) is 1.63. The van der Waals surface area contributed by atoms with Gasteiger partial charge in [0.1, 0.15) is 5.69 Å². The molecule has 0 bridgehead atoms. The van der Waals surface area contributed by atoms with Gasteiger partial charge in [0.25, 0.3) is 0 Å². The Morgan fingerprint density at radius 3 is 2.59 bits per heavy atom. The van der Waals surface area contributed by atoms with Crippen molar-refractivity contribution < 1.29 is 5.11 Å². The van der Waals surface area contributed by atoms with Crippen molar-refractivity contribution in [2.24, 2.45) is 0 Å². The molecule has 0 saturated carbocycles. The van der Waals surface area contributed by atoms with Crippen LogP contribution in [0.5, 0.6) is 5.75 Å². The van der Waals surface area contributed by atoms with Crippen LogP contribution in [0, 0.1) is 5.41 Å². The molecule has 0 fully saturated rings. The van der Waals surface area contributed by atoms with Crippen LogP contribution >= 0.6 is 0 Å². The minimum atomic E-state index is 0.0144. The SMILES string of the molecule is CC.N=Cc1ccnc(-c2cccnc2)c1O. The molecule has 2 aromatic heterocycles. The Labute approximate surface area is 101 Å². The Hall–Kier alpha value is -2.23. The molecule has 0 radical (unpaired) electrons. The molecule has 0 aliphatic heterocycles. The Kier molecular flexibility index (Phi) is 4.81. The van der Waals surface area contributed by atoms with Crippen LogP contribution in [0.25, 0.3) is 11.3 Å². The second-order valence-electron chi connectivity index (χ2n) is 2.98. The molecule has 2 N–H and O–H groups in total. The fourth-order valence-electron chi connectivity index (χ4n) is 1.30. The summed E-state index contributed by atoms with van der Waals surface area (Å²) in [7, 11) is 0. The average molecular weight is 229 g/mol. The van der Waals surface area contributed by atoms with Gasteiger partial charge in [0.2, 0.25) is 0 Å². The Balaban J connectivity index is 0.000000686. The molecular weight excluding hydrogens is 214 g/mol. The van der Waals surface area contributed by atoms with Crippen LogP contribution in [0.3, 0.4) is 0 Å². The largest absolute Gasteiger partial charge is 0.505 e. The lowest BCUT2D eigenvalue weighted by Crippen LogP contribution is -1.89. The van der Waals surface area contributed by atoms with Crippen molar-refractivity contribution in [1.29, 1.82) is 5.41 Å². The highest BCUT2D eigenvalue weighted by molar-refractivity contribution is 5.85. The number of aromatic nitrogens is 2. The van der Waals surface area contributed by atoms with Crippen LogP contribution in [-0.4, -0.2) is 21.3 Å². The zero-order valence-corrected chi connectivity index (χ0v) is 9.88. The first-order valence-corrected chi connectivity index (χ1v) is 5.42. The number of rotatable bonds is 2. The molecule has 88 valence electrons. The van der Waals surface area contributed by atoms with Gasteiger partial charge in [-0.1, -0.05) is 13.8 Å². The second-order valence-corrected chi connectivity index (χ2v) is 2.98. The van der Waals surface area contributed by atoms with Gasteiger partial charge in [-0.3, -0.25) is 9.97 Å². The number of aromatic hydroxyl groups is 1. The Morgan fingerprint density at radius 1 is 1.24 bits per heavy atom. The minimum absolute atomic E-state index is 0.0144. The normalized spacial score (nSPS) is 9.06. The first kappa shape index (κ1) is 12.8. The van der Waals surface area contributed by atoms with Crippen molar-refractivity contribution in [3.05, 3.63) is 42.4 Å². The molecule has 0 unspecified atom stereocenters. The van der Waals surface area contributed by atoms with Crippen LogP contribution in [0.4, 0.5) is 0 Å². The number of nitrogens with one attached hydrogen (secondary N) is 1. The first-order valence-electron chi connectivity index (χ1n) is 5.42. The highest BCUT2D eigenvalue weighted by atomic mass is 16.3. The van der Waals surface area contributed by atoms with Gasteiger partial charge in [-0.15, -0.1) is 0 Å². The molecule has 0 aromatic carbocycles. The van der Waals surface area contributed by atoms with E-state index in [0.29, 0.717) is 11.3 Å². The van der Waals surface area contributed by atoms with E-state index in [-0.39, 0.29) is 5.75 Å². The third kappa shape index (κ3) is 2.87. The molecule has 0 aliphatic rings. The summed E-state index contributed by atoms with van der Waals surface area (Å²) in [6.07, 6.45) is 5.93. The van der Waals surface area contributed by atoms with E-state index in [1.165, 1.54) is 0 Å². The lowest BCUT2D eigenvalue weighted by Gasteiger charge is -2.04. The molecule has 2 rings (SSSR count). The second kappa shape index (κ2) is 6.37. The third-order valence-corrected chi connectivity index (χ3v) is 2.05. The van der Waals surface area contributed by atoms with E-state index in [1.807, 2.05) is 19.9 Å². The van der Waals surface area contributed by atoms with Gasteiger partial charge in [-0.05, 0) is 18.2 Å². The van der Waals surface area contributed by atoms with Gasteiger partial charge in [-0.25, -0.2) is 0 Å². The van der Waals surface area contributed by atoms with E-state index in [0.717, 1.165) is 11.8 Å². The molecule has 2 aromatic rings. The molecule has 0 atom stereocenters. The van der Waals surface area contributed by atoms with Crippen molar-refractivity contribution >= 4 is 6.21 Å². The van der Waals surface area contributed by atoms with Gasteiger partial charge in [0.05, 0.1) is 0 Å². The highest BCUT2D eigenvalue weighted by Gasteiger charge is 2.08. The number of nitrogens with zero attached hydrogens (tertiary/aromatic N) is 2. The summed E-state index contributed by atoms with van der Waals surface area (Å²) in [6, 6.07) is 5.17. The van der Waals surface area contributed by atoms with Gasteiger partial charge >= 0.3 is 0 Å². The summed E-state index contributed by atoms with van der Waals surface area (Å²) < 4.78 is 0. The van der Waals surface area contributed by atoms with Gasteiger partial charge in [-0.2, -0.15) is 0 Å². The minimum Gasteiger partial charge on any atom is -0.505 e. The van der Waals surface area contributed by atoms with Gasteiger partial charge in [0, 0.05) is 35.9 Å². The van der Waals surface area contributed by atoms with Crippen molar-refractivity contribution in [2.45, 2.75) is 13.8 Å². The zero-order valence-electron chi connectivity index (χ0n) is 9.88. The maximum Gasteiger partial charge on any atom is 0.150 e. The highest BCUT2D eigenvalue weighted by Crippen LogP contribution is 2.27. The number of hydrogen-bond donors (Lipinski definition) is 2. The molecule has 2 heterocycles. The lowest BCUT2D eigenvalue weighted by molar-refractivity contribution is 0.474. The van der Waals surface area contributed by atoms with Gasteiger partial charge in [0.15, 0.2) is 5.75 Å². The lowest BCUT2D eigenvalue weighted by atomic mass is 10.1. The van der Waals surface area contributed by atoms with E-state index >= 15 is 0 Å².